The number of ether oxygens (including phenoxy) is 1. The van der Waals surface area contributed by atoms with Crippen molar-refractivity contribution in [3.05, 3.63) is 73.0 Å². The Labute approximate surface area is 210 Å². The molecule has 34 heavy (non-hydrogen) atoms. The van der Waals surface area contributed by atoms with Gasteiger partial charge in [0.1, 0.15) is 6.10 Å². The molecule has 0 N–H and O–H groups in total. The van der Waals surface area contributed by atoms with Gasteiger partial charge in [0.25, 0.3) is 8.32 Å². The van der Waals surface area contributed by atoms with Gasteiger partial charge in [-0.15, -0.1) is 0 Å². The van der Waals surface area contributed by atoms with Crippen LogP contribution in [-0.4, -0.2) is 36.0 Å². The second-order valence-electron chi connectivity index (χ2n) is 11.6. The van der Waals surface area contributed by atoms with Gasteiger partial charge in [0.05, 0.1) is 12.9 Å². The van der Waals surface area contributed by atoms with Gasteiger partial charge < -0.3 is 13.6 Å². The molecule has 3 nitrogen and oxygen atoms in total. The van der Waals surface area contributed by atoms with Crippen molar-refractivity contribution in [3.8, 4) is 0 Å². The Hall–Kier alpha value is -1.67. The van der Waals surface area contributed by atoms with Crippen LogP contribution in [0, 0.1) is 0 Å². The molecule has 0 spiro atoms. The highest BCUT2D eigenvalue weighted by molar-refractivity contribution is 6.99. The summed E-state index contributed by atoms with van der Waals surface area (Å²) in [5.41, 5.74) is 0. The molecular weight excluding hydrogens is 452 g/mol. The molecule has 188 valence electrons. The normalized spacial score (nSPS) is 14.4. The first-order valence-electron chi connectivity index (χ1n) is 12.5. The molecule has 0 aliphatic carbocycles. The van der Waals surface area contributed by atoms with E-state index in [1.807, 2.05) is 13.0 Å². The zero-order chi connectivity index (χ0) is 25.5. The minimum Gasteiger partial charge on any atom is -0.496 e. The van der Waals surface area contributed by atoms with Gasteiger partial charge in [0.2, 0.25) is 0 Å². The average molecular weight is 499 g/mol. The monoisotopic (exact) mass is 498 g/mol. The summed E-state index contributed by atoms with van der Waals surface area (Å²) in [6.45, 7) is 21.5. The van der Waals surface area contributed by atoms with E-state index in [0.717, 1.165) is 6.42 Å². The van der Waals surface area contributed by atoms with Crippen molar-refractivity contribution in [1.82, 2.24) is 0 Å². The third-order valence-electron chi connectivity index (χ3n) is 7.02. The van der Waals surface area contributed by atoms with Crippen LogP contribution in [0.5, 0.6) is 0 Å². The molecule has 0 bridgehead atoms. The molecule has 0 fully saturated rings. The van der Waals surface area contributed by atoms with Crippen LogP contribution in [0.25, 0.3) is 0 Å². The Kier molecular flexibility index (Phi) is 9.95. The molecule has 0 heterocycles. The summed E-state index contributed by atoms with van der Waals surface area (Å²) in [7, 11) is -4.40. The molecule has 0 aliphatic rings. The second-order valence-corrected chi connectivity index (χ2v) is 20.7. The molecule has 5 heteroatoms. The summed E-state index contributed by atoms with van der Waals surface area (Å²) in [6, 6.07) is 21.6. The maximum absolute atomic E-state index is 7.11. The van der Waals surface area contributed by atoms with E-state index in [-0.39, 0.29) is 16.2 Å². The highest BCUT2D eigenvalue weighted by Gasteiger charge is 2.50. The van der Waals surface area contributed by atoms with E-state index in [1.165, 1.54) is 10.4 Å². The van der Waals surface area contributed by atoms with Crippen molar-refractivity contribution in [1.29, 1.82) is 0 Å². The van der Waals surface area contributed by atoms with Crippen molar-refractivity contribution in [2.45, 2.75) is 84.2 Å². The number of allylic oxidation sites excluding steroid dienone is 1. The largest absolute Gasteiger partial charge is 0.496 e. The van der Waals surface area contributed by atoms with Crippen molar-refractivity contribution >= 4 is 27.0 Å². The Morgan fingerprint density at radius 1 is 0.765 bits per heavy atom. The van der Waals surface area contributed by atoms with Crippen LogP contribution in [0.1, 0.15) is 54.9 Å². The number of rotatable bonds is 11. The van der Waals surface area contributed by atoms with Crippen LogP contribution in [0.3, 0.4) is 0 Å². The van der Waals surface area contributed by atoms with E-state index in [4.69, 9.17) is 13.6 Å². The molecule has 1 atom stereocenters. The lowest BCUT2D eigenvalue weighted by Crippen LogP contribution is -2.67. The van der Waals surface area contributed by atoms with Gasteiger partial charge in [-0.25, -0.2) is 0 Å². The highest BCUT2D eigenvalue weighted by atomic mass is 28.4. The molecule has 0 saturated heterocycles. The maximum atomic E-state index is 7.11. The Bertz CT molecular complexity index is 842. The summed E-state index contributed by atoms with van der Waals surface area (Å²) in [5.74, 6) is 0. The summed E-state index contributed by atoms with van der Waals surface area (Å²) in [4.78, 5) is 0. The fourth-order valence-electron chi connectivity index (χ4n) is 4.02. The Morgan fingerprint density at radius 3 is 1.68 bits per heavy atom. The standard InChI is InChI=1S/C29H46O3Si2/c1-10-22-30-25(21-23-31-33(8,9)28(2,3)4)24-32-34(29(5,6)7,26-17-13-11-14-18-26)27-19-15-12-16-20-27/h10-20,22,25H,21,23-24H2,1-9H3. The van der Waals surface area contributed by atoms with Gasteiger partial charge in [0, 0.05) is 13.0 Å². The molecule has 2 aromatic carbocycles. The second kappa shape index (κ2) is 11.8. The zero-order valence-electron chi connectivity index (χ0n) is 22.9. The summed E-state index contributed by atoms with van der Waals surface area (Å²) in [6.07, 6.45) is 4.45. The van der Waals surface area contributed by atoms with Crippen LogP contribution in [0.2, 0.25) is 23.2 Å². The van der Waals surface area contributed by atoms with E-state index in [9.17, 15) is 0 Å². The van der Waals surface area contributed by atoms with Crippen molar-refractivity contribution in [2.24, 2.45) is 0 Å². The highest BCUT2D eigenvalue weighted by Crippen LogP contribution is 2.38. The Morgan fingerprint density at radius 2 is 1.26 bits per heavy atom. The zero-order valence-corrected chi connectivity index (χ0v) is 24.9. The predicted molar refractivity (Wildman–Crippen MR) is 151 cm³/mol. The smallest absolute Gasteiger partial charge is 0.261 e. The van der Waals surface area contributed by atoms with E-state index in [1.54, 1.807) is 6.26 Å². The third-order valence-corrected chi connectivity index (χ3v) is 16.6. The summed E-state index contributed by atoms with van der Waals surface area (Å²) < 4.78 is 19.7. The molecule has 2 aromatic rings. The molecule has 0 aromatic heterocycles. The van der Waals surface area contributed by atoms with E-state index in [2.05, 4.69) is 115 Å². The quantitative estimate of drug-likeness (QED) is 0.249. The molecule has 1 unspecified atom stereocenters. The van der Waals surface area contributed by atoms with E-state index < -0.39 is 16.6 Å². The molecule has 2 rings (SSSR count). The van der Waals surface area contributed by atoms with Gasteiger partial charge in [-0.3, -0.25) is 0 Å². The first-order valence-corrected chi connectivity index (χ1v) is 17.3. The van der Waals surface area contributed by atoms with Crippen LogP contribution in [0.15, 0.2) is 73.0 Å². The fraction of sp³-hybridized carbons (Fsp3) is 0.517. The topological polar surface area (TPSA) is 27.7 Å². The summed E-state index contributed by atoms with van der Waals surface area (Å²) in [5, 5.41) is 2.71. The number of hydrogen-bond donors (Lipinski definition) is 0. The lowest BCUT2D eigenvalue weighted by atomic mass is 10.2. The molecule has 0 radical (unpaired) electrons. The van der Waals surface area contributed by atoms with Gasteiger partial charge >= 0.3 is 0 Å². The lowest BCUT2D eigenvalue weighted by Gasteiger charge is -2.43. The van der Waals surface area contributed by atoms with Crippen LogP contribution in [0.4, 0.5) is 0 Å². The molecular formula is C29H46O3Si2. The Balaban J connectivity index is 2.33. The predicted octanol–water partition coefficient (Wildman–Crippen LogP) is 6.89. The summed E-state index contributed by atoms with van der Waals surface area (Å²) >= 11 is 0. The van der Waals surface area contributed by atoms with E-state index >= 15 is 0 Å². The van der Waals surface area contributed by atoms with Gasteiger partial charge in [-0.05, 0) is 40.5 Å². The first-order chi connectivity index (χ1) is 15.8. The van der Waals surface area contributed by atoms with Crippen LogP contribution >= 0.6 is 0 Å². The van der Waals surface area contributed by atoms with Crippen LogP contribution < -0.4 is 10.4 Å². The maximum Gasteiger partial charge on any atom is 0.261 e. The molecule has 0 amide bonds. The molecule has 0 aliphatic heterocycles. The van der Waals surface area contributed by atoms with Gasteiger partial charge in [-0.1, -0.05) is 108 Å². The average Bonchev–Trinajstić information content (AvgIpc) is 2.77. The number of benzene rings is 2. The molecule has 0 saturated carbocycles. The van der Waals surface area contributed by atoms with Gasteiger partial charge in [0.15, 0.2) is 8.32 Å². The van der Waals surface area contributed by atoms with Crippen LogP contribution in [-0.2, 0) is 13.6 Å². The number of hydrogen-bond acceptors (Lipinski definition) is 3. The SMILES string of the molecule is CC=COC(CCO[Si](C)(C)C(C)(C)C)CO[Si](c1ccccc1)(c1ccccc1)C(C)(C)C. The first kappa shape index (κ1) is 28.6. The van der Waals surface area contributed by atoms with Crippen molar-refractivity contribution in [2.75, 3.05) is 13.2 Å². The van der Waals surface area contributed by atoms with Crippen molar-refractivity contribution < 1.29 is 13.6 Å². The fourth-order valence-corrected chi connectivity index (χ4v) is 9.67. The third kappa shape index (κ3) is 6.94. The van der Waals surface area contributed by atoms with Gasteiger partial charge in [-0.2, -0.15) is 0 Å². The minimum atomic E-state index is -2.59. The van der Waals surface area contributed by atoms with E-state index in [0.29, 0.717) is 13.2 Å². The van der Waals surface area contributed by atoms with Crippen molar-refractivity contribution in [3.63, 3.8) is 0 Å². The minimum absolute atomic E-state index is 0.0571. The lowest BCUT2D eigenvalue weighted by molar-refractivity contribution is 0.0638.